The van der Waals surface area contributed by atoms with Gasteiger partial charge in [0.2, 0.25) is 5.91 Å². The monoisotopic (exact) mass is 552 g/mol. The van der Waals surface area contributed by atoms with Crippen LogP contribution in [-0.2, 0) is 32.6 Å². The molecule has 1 spiro atoms. The number of likely N-dealkylation sites (N-methyl/N-ethyl adjacent to an activating group) is 1. The lowest BCUT2D eigenvalue weighted by molar-refractivity contribution is -0.223. The molecule has 5 atom stereocenters. The van der Waals surface area contributed by atoms with E-state index in [2.05, 4.69) is 41.3 Å². The molecule has 2 fully saturated rings. The predicted octanol–water partition coefficient (Wildman–Crippen LogP) is 4.79. The smallest absolute Gasteiger partial charge is 0.303 e. The minimum absolute atomic E-state index is 0.0405. The molecule has 3 heterocycles. The normalized spacial score (nSPS) is 29.6. The number of carbonyl (C=O) groups is 2. The average molecular weight is 553 g/mol. The summed E-state index contributed by atoms with van der Waals surface area (Å²) in [4.78, 5) is 30.7. The van der Waals surface area contributed by atoms with Crippen molar-refractivity contribution >= 4 is 18.0 Å². The summed E-state index contributed by atoms with van der Waals surface area (Å²) >= 11 is 0. The second-order valence-corrected chi connectivity index (χ2v) is 12.0. The quantitative estimate of drug-likeness (QED) is 0.310. The van der Waals surface area contributed by atoms with Crippen LogP contribution in [0, 0.1) is 0 Å². The molecule has 1 saturated carbocycles. The first-order valence-electron chi connectivity index (χ1n) is 14.7. The predicted molar refractivity (Wildman–Crippen MR) is 154 cm³/mol. The Morgan fingerprint density at radius 3 is 2.76 bits per heavy atom. The van der Waals surface area contributed by atoms with Crippen LogP contribution in [0.5, 0.6) is 5.75 Å². The van der Waals surface area contributed by atoms with E-state index in [-0.39, 0.29) is 30.1 Å². The second-order valence-electron chi connectivity index (χ2n) is 12.0. The molecule has 0 radical (unpaired) electrons. The van der Waals surface area contributed by atoms with E-state index in [1.807, 2.05) is 30.1 Å². The van der Waals surface area contributed by atoms with Gasteiger partial charge in [-0.05, 0) is 68.0 Å². The van der Waals surface area contributed by atoms with Crippen molar-refractivity contribution in [1.82, 2.24) is 9.80 Å². The van der Waals surface area contributed by atoms with Crippen molar-refractivity contribution in [2.24, 2.45) is 0 Å². The first-order valence-corrected chi connectivity index (χ1v) is 14.7. The van der Waals surface area contributed by atoms with Gasteiger partial charge in [-0.3, -0.25) is 14.5 Å². The lowest BCUT2D eigenvalue weighted by Crippen LogP contribution is -2.79. The maximum Gasteiger partial charge on any atom is 0.303 e. The molecule has 1 saturated heterocycles. The number of hydrogen-bond donors (Lipinski definition) is 0. The number of carbonyl (C=O) groups excluding carboxylic acids is 2. The number of rotatable bonds is 7. The summed E-state index contributed by atoms with van der Waals surface area (Å²) < 4.78 is 18.6. The molecule has 41 heavy (non-hydrogen) atoms. The van der Waals surface area contributed by atoms with Crippen LogP contribution in [0.25, 0.3) is 6.08 Å². The van der Waals surface area contributed by atoms with Gasteiger partial charge in [0.25, 0.3) is 0 Å². The van der Waals surface area contributed by atoms with Crippen molar-refractivity contribution in [3.63, 3.8) is 0 Å². The van der Waals surface area contributed by atoms with Crippen LogP contribution < -0.4 is 4.74 Å². The molecule has 2 aliphatic heterocycles. The first-order chi connectivity index (χ1) is 19.9. The van der Waals surface area contributed by atoms with Gasteiger partial charge in [-0.1, -0.05) is 42.5 Å². The first kappa shape index (κ1) is 26.1. The number of esters is 1. The zero-order valence-corrected chi connectivity index (χ0v) is 23.6. The largest absolute Gasteiger partial charge is 0.487 e. The van der Waals surface area contributed by atoms with Crippen molar-refractivity contribution in [2.45, 2.75) is 68.2 Å². The van der Waals surface area contributed by atoms with E-state index < -0.39 is 11.0 Å². The summed E-state index contributed by atoms with van der Waals surface area (Å²) in [6, 6.07) is 18.6. The summed E-state index contributed by atoms with van der Waals surface area (Å²) in [5.74, 6) is 0.540. The molecular weight excluding hydrogens is 516 g/mol. The molecule has 1 aromatic heterocycles. The third-order valence-electron chi connectivity index (χ3n) is 10.1. The summed E-state index contributed by atoms with van der Waals surface area (Å²) in [5.41, 5.74) is 3.40. The van der Waals surface area contributed by atoms with Gasteiger partial charge in [0.1, 0.15) is 17.5 Å². The molecule has 7 rings (SSSR count). The number of hydrogen-bond acceptors (Lipinski definition) is 6. The third kappa shape index (κ3) is 3.96. The summed E-state index contributed by atoms with van der Waals surface area (Å²) in [5, 5.41) is 0. The molecule has 7 nitrogen and oxygen atoms in total. The fraction of sp³-hybridized carbons (Fsp3) is 0.412. The molecule has 0 unspecified atom stereocenters. The Labute approximate surface area is 240 Å². The Morgan fingerprint density at radius 1 is 1.12 bits per heavy atom. The summed E-state index contributed by atoms with van der Waals surface area (Å²) in [6.45, 7) is 3.32. The van der Waals surface area contributed by atoms with Gasteiger partial charge in [0.15, 0.2) is 0 Å². The van der Waals surface area contributed by atoms with Crippen LogP contribution in [0.4, 0.5) is 0 Å². The third-order valence-corrected chi connectivity index (χ3v) is 10.1. The minimum atomic E-state index is -0.717. The van der Waals surface area contributed by atoms with Crippen LogP contribution in [0.15, 0.2) is 77.6 Å². The van der Waals surface area contributed by atoms with E-state index in [0.717, 1.165) is 43.7 Å². The average Bonchev–Trinajstić information content (AvgIpc) is 3.61. The highest BCUT2D eigenvalue weighted by atomic mass is 16.6. The molecule has 2 bridgehead atoms. The lowest BCUT2D eigenvalue weighted by atomic mass is 9.48. The van der Waals surface area contributed by atoms with Gasteiger partial charge in [-0.25, -0.2) is 0 Å². The SMILES string of the molecule is CC(=O)O[C@@]12CC[C@@H](N(C)C(=O)/C=C/c3ccoc3)[C@@H]3Oc4cccc5c4[C@@]31CCN(CCc1ccccc1)[C@@H]2C5. The van der Waals surface area contributed by atoms with Crippen LogP contribution >= 0.6 is 0 Å². The van der Waals surface area contributed by atoms with Gasteiger partial charge in [-0.15, -0.1) is 0 Å². The van der Waals surface area contributed by atoms with E-state index >= 15 is 0 Å². The van der Waals surface area contributed by atoms with Crippen molar-refractivity contribution < 1.29 is 23.5 Å². The van der Waals surface area contributed by atoms with Gasteiger partial charge in [-0.2, -0.15) is 0 Å². The number of ether oxygens (including phenoxy) is 2. The van der Waals surface area contributed by atoms with Gasteiger partial charge in [0.05, 0.1) is 30.0 Å². The van der Waals surface area contributed by atoms with Crippen molar-refractivity contribution in [3.8, 4) is 5.75 Å². The van der Waals surface area contributed by atoms with Crippen LogP contribution in [0.2, 0.25) is 0 Å². The Morgan fingerprint density at radius 2 is 1.98 bits per heavy atom. The second kappa shape index (κ2) is 9.91. The number of nitrogens with zero attached hydrogens (tertiary/aromatic N) is 2. The molecular formula is C34H36N2O5. The maximum absolute atomic E-state index is 13.4. The van der Waals surface area contributed by atoms with E-state index in [0.29, 0.717) is 12.8 Å². The van der Waals surface area contributed by atoms with Crippen molar-refractivity contribution in [1.29, 1.82) is 0 Å². The maximum atomic E-state index is 13.4. The van der Waals surface area contributed by atoms with E-state index in [4.69, 9.17) is 13.9 Å². The number of amides is 1. The molecule has 2 aromatic carbocycles. The Balaban J connectivity index is 1.27. The standard InChI is InChI=1S/C34H36N2O5/c1-23(37)41-34-16-13-27(35(2)30(38)12-11-25-15-20-39-22-25)32-33(34)17-19-36(18-14-24-7-4-3-5-8-24)29(34)21-26-9-6-10-28(40-32)31(26)33/h3-12,15,20,22,27,29,32H,13-14,16-19,21H2,1-2H3/b12-11+/t27-,29-,32+,33+,34-/m1/s1. The number of likely N-dealkylation sites (tertiary alicyclic amines) is 1. The highest BCUT2D eigenvalue weighted by Crippen LogP contribution is 2.65. The highest BCUT2D eigenvalue weighted by Gasteiger charge is 2.75. The highest BCUT2D eigenvalue weighted by molar-refractivity contribution is 5.92. The van der Waals surface area contributed by atoms with E-state index in [9.17, 15) is 9.59 Å². The topological polar surface area (TPSA) is 72.2 Å². The zero-order valence-electron chi connectivity index (χ0n) is 23.6. The molecule has 212 valence electrons. The van der Waals surface area contributed by atoms with Crippen LogP contribution in [0.3, 0.4) is 0 Å². The number of piperidine rings is 1. The minimum Gasteiger partial charge on any atom is -0.487 e. The molecule has 4 aliphatic rings. The fourth-order valence-corrected chi connectivity index (χ4v) is 8.41. The Hall–Kier alpha value is -3.84. The summed E-state index contributed by atoms with van der Waals surface area (Å²) in [7, 11) is 1.87. The molecule has 2 aliphatic carbocycles. The van der Waals surface area contributed by atoms with Gasteiger partial charge >= 0.3 is 5.97 Å². The van der Waals surface area contributed by atoms with Crippen LogP contribution in [-0.4, -0.2) is 65.6 Å². The molecule has 0 N–H and O–H groups in total. The van der Waals surface area contributed by atoms with E-state index in [1.54, 1.807) is 24.7 Å². The number of furan rings is 1. The van der Waals surface area contributed by atoms with Crippen LogP contribution in [0.1, 0.15) is 48.4 Å². The van der Waals surface area contributed by atoms with Crippen molar-refractivity contribution in [3.05, 3.63) is 95.5 Å². The number of benzene rings is 2. The van der Waals surface area contributed by atoms with Gasteiger partial charge in [0, 0.05) is 37.7 Å². The van der Waals surface area contributed by atoms with E-state index in [1.165, 1.54) is 23.6 Å². The zero-order chi connectivity index (χ0) is 28.2. The lowest BCUT2D eigenvalue weighted by Gasteiger charge is -2.65. The Bertz CT molecular complexity index is 1480. The summed E-state index contributed by atoms with van der Waals surface area (Å²) in [6.07, 6.45) is 10.2. The molecule has 1 amide bonds. The Kier molecular flexibility index (Phi) is 6.31. The van der Waals surface area contributed by atoms with Crippen molar-refractivity contribution in [2.75, 3.05) is 20.1 Å². The molecule has 7 heteroatoms. The fourth-order valence-electron chi connectivity index (χ4n) is 8.41. The van der Waals surface area contributed by atoms with Gasteiger partial charge < -0.3 is 18.8 Å². The molecule has 3 aromatic rings.